The quantitative estimate of drug-likeness (QED) is 0.887. The van der Waals surface area contributed by atoms with Crippen molar-refractivity contribution in [3.8, 4) is 0 Å². The van der Waals surface area contributed by atoms with Crippen molar-refractivity contribution >= 4 is 11.6 Å². The number of carbonyl (C=O) groups is 1. The summed E-state index contributed by atoms with van der Waals surface area (Å²) in [6, 6.07) is 6.27. The predicted octanol–water partition coefficient (Wildman–Crippen LogP) is 4.22. The minimum Gasteiger partial charge on any atom is -0.326 e. The number of carbonyl (C=O) groups excluding carboxylic acids is 1. The molecule has 1 N–H and O–H groups in total. The molecule has 0 unspecified atom stereocenters. The summed E-state index contributed by atoms with van der Waals surface area (Å²) in [5.41, 5.74) is 6.84. The number of rotatable bonds is 5. The van der Waals surface area contributed by atoms with Crippen molar-refractivity contribution in [3.05, 3.63) is 46.3 Å². The molecule has 0 saturated carbocycles. The summed E-state index contributed by atoms with van der Waals surface area (Å²) in [6.07, 6.45) is 5.03. The molecule has 0 bridgehead atoms. The Morgan fingerprint density at radius 1 is 1.24 bits per heavy atom. The highest BCUT2D eigenvalue weighted by molar-refractivity contribution is 5.93. The molecule has 4 heteroatoms. The number of anilines is 1. The Morgan fingerprint density at radius 2 is 2.00 bits per heavy atom. The molecule has 3 rings (SSSR count). The molecule has 1 aromatic carbocycles. The molecular weight excluding hydrogens is 310 g/mol. The number of nitrogens with one attached hydrogen (secondary N) is 1. The van der Waals surface area contributed by atoms with Gasteiger partial charge in [-0.1, -0.05) is 26.0 Å². The van der Waals surface area contributed by atoms with Crippen molar-refractivity contribution in [2.24, 2.45) is 5.92 Å². The van der Waals surface area contributed by atoms with E-state index < -0.39 is 0 Å². The largest absolute Gasteiger partial charge is 0.326 e. The van der Waals surface area contributed by atoms with Crippen LogP contribution in [0.1, 0.15) is 54.8 Å². The van der Waals surface area contributed by atoms with Crippen LogP contribution in [0.5, 0.6) is 0 Å². The zero-order chi connectivity index (χ0) is 18.0. The molecule has 0 aliphatic heterocycles. The van der Waals surface area contributed by atoms with Crippen LogP contribution >= 0.6 is 0 Å². The Bertz CT molecular complexity index is 774. The van der Waals surface area contributed by atoms with Crippen LogP contribution in [0.3, 0.4) is 0 Å². The van der Waals surface area contributed by atoms with Crippen LogP contribution in [-0.4, -0.2) is 15.7 Å². The molecule has 1 aliphatic rings. The maximum absolute atomic E-state index is 12.7. The highest BCUT2D eigenvalue weighted by Gasteiger charge is 2.18. The molecule has 1 heterocycles. The fourth-order valence-electron chi connectivity index (χ4n) is 3.77. The van der Waals surface area contributed by atoms with E-state index in [0.717, 1.165) is 42.0 Å². The summed E-state index contributed by atoms with van der Waals surface area (Å²) >= 11 is 0. The molecule has 1 aliphatic carbocycles. The second kappa shape index (κ2) is 7.42. The van der Waals surface area contributed by atoms with Crippen molar-refractivity contribution in [2.75, 3.05) is 5.32 Å². The van der Waals surface area contributed by atoms with Gasteiger partial charge in [-0.2, -0.15) is 5.10 Å². The van der Waals surface area contributed by atoms with E-state index in [-0.39, 0.29) is 5.91 Å². The monoisotopic (exact) mass is 339 g/mol. The molecule has 4 nitrogen and oxygen atoms in total. The lowest BCUT2D eigenvalue weighted by Gasteiger charge is -2.19. The van der Waals surface area contributed by atoms with Crippen molar-refractivity contribution < 1.29 is 4.79 Å². The van der Waals surface area contributed by atoms with E-state index in [9.17, 15) is 4.79 Å². The maximum Gasteiger partial charge on any atom is 0.228 e. The highest BCUT2D eigenvalue weighted by Crippen LogP contribution is 2.28. The number of amides is 1. The van der Waals surface area contributed by atoms with E-state index >= 15 is 0 Å². The second-order valence-electron chi connectivity index (χ2n) is 7.60. The summed E-state index contributed by atoms with van der Waals surface area (Å²) in [4.78, 5) is 12.7. The zero-order valence-corrected chi connectivity index (χ0v) is 15.9. The lowest BCUT2D eigenvalue weighted by atomic mass is 9.90. The first-order chi connectivity index (χ1) is 12.0. The summed E-state index contributed by atoms with van der Waals surface area (Å²) in [5, 5.41) is 7.76. The van der Waals surface area contributed by atoms with Crippen molar-refractivity contribution in [1.82, 2.24) is 9.78 Å². The summed E-state index contributed by atoms with van der Waals surface area (Å²) < 4.78 is 2.03. The van der Waals surface area contributed by atoms with Gasteiger partial charge in [-0.15, -0.1) is 0 Å². The van der Waals surface area contributed by atoms with Gasteiger partial charge >= 0.3 is 0 Å². The number of hydrogen-bond acceptors (Lipinski definition) is 2. The molecule has 25 heavy (non-hydrogen) atoms. The van der Waals surface area contributed by atoms with Gasteiger partial charge in [-0.3, -0.25) is 9.48 Å². The standard InChI is InChI=1S/C21H29N3O/c1-14(2)13-24-16(4)19(15(3)23-24)12-21(25)22-20-11-7-9-17-8-5-6-10-18(17)20/h7,9,11,14H,5-6,8,10,12-13H2,1-4H3,(H,22,25). The Labute approximate surface area is 150 Å². The van der Waals surface area contributed by atoms with Crippen LogP contribution in [0.25, 0.3) is 0 Å². The molecule has 0 atom stereocenters. The first-order valence-electron chi connectivity index (χ1n) is 9.39. The smallest absolute Gasteiger partial charge is 0.228 e. The summed E-state index contributed by atoms with van der Waals surface area (Å²) in [6.45, 7) is 9.31. The average Bonchev–Trinajstić information content (AvgIpc) is 2.82. The Hall–Kier alpha value is -2.10. The van der Waals surface area contributed by atoms with E-state index in [4.69, 9.17) is 0 Å². The van der Waals surface area contributed by atoms with Crippen LogP contribution in [-0.2, 0) is 30.6 Å². The van der Waals surface area contributed by atoms with Gasteiger partial charge < -0.3 is 5.32 Å². The topological polar surface area (TPSA) is 46.9 Å². The SMILES string of the molecule is Cc1nn(CC(C)C)c(C)c1CC(=O)Nc1cccc2c1CCCC2. The third kappa shape index (κ3) is 3.94. The molecule has 0 spiro atoms. The fraction of sp³-hybridized carbons (Fsp3) is 0.524. The molecule has 1 amide bonds. The molecular formula is C21H29N3O. The third-order valence-electron chi connectivity index (χ3n) is 5.08. The third-order valence-corrected chi connectivity index (χ3v) is 5.08. The van der Waals surface area contributed by atoms with E-state index in [1.165, 1.54) is 24.0 Å². The highest BCUT2D eigenvalue weighted by atomic mass is 16.1. The van der Waals surface area contributed by atoms with Gasteiger partial charge in [-0.25, -0.2) is 0 Å². The maximum atomic E-state index is 12.7. The minimum atomic E-state index is 0.0503. The van der Waals surface area contributed by atoms with Gasteiger partial charge in [0.15, 0.2) is 0 Å². The Morgan fingerprint density at radius 3 is 2.76 bits per heavy atom. The van der Waals surface area contributed by atoms with E-state index in [1.807, 2.05) is 17.7 Å². The van der Waals surface area contributed by atoms with Crippen LogP contribution in [0, 0.1) is 19.8 Å². The number of hydrogen-bond donors (Lipinski definition) is 1. The van der Waals surface area contributed by atoms with Crippen LogP contribution in [0.15, 0.2) is 18.2 Å². The molecule has 1 aromatic heterocycles. The molecule has 2 aromatic rings. The van der Waals surface area contributed by atoms with Crippen molar-refractivity contribution in [2.45, 2.75) is 66.3 Å². The number of nitrogens with zero attached hydrogens (tertiary/aromatic N) is 2. The lowest BCUT2D eigenvalue weighted by Crippen LogP contribution is -2.18. The molecule has 0 saturated heterocycles. The molecule has 0 radical (unpaired) electrons. The minimum absolute atomic E-state index is 0.0503. The normalized spacial score (nSPS) is 13.8. The second-order valence-corrected chi connectivity index (χ2v) is 7.60. The fourth-order valence-corrected chi connectivity index (χ4v) is 3.77. The first-order valence-corrected chi connectivity index (χ1v) is 9.39. The van der Waals surface area contributed by atoms with Gasteiger partial charge in [0.2, 0.25) is 5.91 Å². The average molecular weight is 339 g/mol. The van der Waals surface area contributed by atoms with E-state index in [0.29, 0.717) is 12.3 Å². The predicted molar refractivity (Wildman–Crippen MR) is 102 cm³/mol. The van der Waals surface area contributed by atoms with Crippen LogP contribution in [0.4, 0.5) is 5.69 Å². The number of aryl methyl sites for hydroxylation is 2. The van der Waals surface area contributed by atoms with E-state index in [1.54, 1.807) is 0 Å². The van der Waals surface area contributed by atoms with Crippen LogP contribution < -0.4 is 5.32 Å². The molecule has 134 valence electrons. The van der Waals surface area contributed by atoms with E-state index in [2.05, 4.69) is 43.3 Å². The van der Waals surface area contributed by atoms with Gasteiger partial charge in [0.1, 0.15) is 0 Å². The van der Waals surface area contributed by atoms with Gasteiger partial charge in [0.25, 0.3) is 0 Å². The first kappa shape index (κ1) is 17.7. The lowest BCUT2D eigenvalue weighted by molar-refractivity contribution is -0.115. The summed E-state index contributed by atoms with van der Waals surface area (Å²) in [7, 11) is 0. The van der Waals surface area contributed by atoms with Crippen molar-refractivity contribution in [1.29, 1.82) is 0 Å². The van der Waals surface area contributed by atoms with Crippen LogP contribution in [0.2, 0.25) is 0 Å². The zero-order valence-electron chi connectivity index (χ0n) is 15.9. The van der Waals surface area contributed by atoms with Gasteiger partial charge in [0.05, 0.1) is 12.1 Å². The van der Waals surface area contributed by atoms with Gasteiger partial charge in [0, 0.05) is 23.5 Å². The Kier molecular flexibility index (Phi) is 5.26. The molecule has 0 fully saturated rings. The van der Waals surface area contributed by atoms with Crippen molar-refractivity contribution in [3.63, 3.8) is 0 Å². The van der Waals surface area contributed by atoms with Gasteiger partial charge in [-0.05, 0) is 62.6 Å². The Balaban J connectivity index is 1.75. The number of aromatic nitrogens is 2. The number of fused-ring (bicyclic) bond motifs is 1. The summed E-state index contributed by atoms with van der Waals surface area (Å²) in [5.74, 6) is 0.588. The number of benzene rings is 1.